The smallest absolute Gasteiger partial charge is 0.253 e. The number of anilines is 2. The largest absolute Gasteiger partial charge is 0.370 e. The van der Waals surface area contributed by atoms with Crippen LogP contribution >= 0.6 is 11.6 Å². The number of amides is 2. The van der Waals surface area contributed by atoms with Gasteiger partial charge in [0.2, 0.25) is 5.91 Å². The molecule has 9 heteroatoms. The highest BCUT2D eigenvalue weighted by Gasteiger charge is 2.31. The van der Waals surface area contributed by atoms with Crippen LogP contribution in [-0.2, 0) is 20.9 Å². The fraction of sp³-hybridized carbons (Fsp3) is 0.320. The van der Waals surface area contributed by atoms with E-state index >= 15 is 0 Å². The summed E-state index contributed by atoms with van der Waals surface area (Å²) in [7, 11) is 0. The summed E-state index contributed by atoms with van der Waals surface area (Å²) in [6.07, 6.45) is 1.73. The Morgan fingerprint density at radius 2 is 1.91 bits per heavy atom. The second kappa shape index (κ2) is 9.97. The van der Waals surface area contributed by atoms with Crippen molar-refractivity contribution in [1.82, 2.24) is 10.1 Å². The van der Waals surface area contributed by atoms with Crippen molar-refractivity contribution in [2.75, 3.05) is 36.5 Å². The standard InChI is InChI=1S/C25H25ClN4O4/c26-18-5-3-17(4-6-18)23-14-20(28-34-23)15-29-11-1-2-22(29)25(32)27-19-7-9-21(10-8-19)30-12-13-33-16-24(30)31/h3-10,14,22H,1-2,11-13,15-16H2,(H,27,32). The van der Waals surface area contributed by atoms with Crippen molar-refractivity contribution < 1.29 is 18.8 Å². The molecule has 1 aromatic heterocycles. The molecule has 176 valence electrons. The quantitative estimate of drug-likeness (QED) is 0.574. The lowest BCUT2D eigenvalue weighted by atomic mass is 10.1. The lowest BCUT2D eigenvalue weighted by molar-refractivity contribution is -0.125. The average molecular weight is 481 g/mol. The van der Waals surface area contributed by atoms with Gasteiger partial charge in [0.25, 0.3) is 5.91 Å². The zero-order valence-electron chi connectivity index (χ0n) is 18.6. The number of likely N-dealkylation sites (tertiary alicyclic amines) is 1. The molecule has 0 saturated carbocycles. The Labute approximate surface area is 202 Å². The molecule has 8 nitrogen and oxygen atoms in total. The zero-order chi connectivity index (χ0) is 23.5. The molecule has 3 aromatic rings. The van der Waals surface area contributed by atoms with Gasteiger partial charge in [-0.05, 0) is 67.9 Å². The molecule has 5 rings (SSSR count). The first kappa shape index (κ1) is 22.6. The number of halogens is 1. The normalized spacial score (nSPS) is 18.9. The first-order chi connectivity index (χ1) is 16.6. The van der Waals surface area contributed by atoms with E-state index in [2.05, 4.69) is 15.4 Å². The minimum atomic E-state index is -0.240. The molecular weight excluding hydrogens is 456 g/mol. The number of hydrogen-bond acceptors (Lipinski definition) is 6. The Balaban J connectivity index is 1.20. The van der Waals surface area contributed by atoms with Crippen molar-refractivity contribution in [3.05, 3.63) is 65.3 Å². The van der Waals surface area contributed by atoms with Crippen molar-refractivity contribution in [3.63, 3.8) is 0 Å². The van der Waals surface area contributed by atoms with E-state index in [1.165, 1.54) is 0 Å². The minimum Gasteiger partial charge on any atom is -0.370 e. The number of morpholine rings is 1. The lowest BCUT2D eigenvalue weighted by Crippen LogP contribution is -2.41. The van der Waals surface area contributed by atoms with E-state index in [0.29, 0.717) is 36.2 Å². The molecule has 0 radical (unpaired) electrons. The maximum absolute atomic E-state index is 13.0. The molecule has 1 N–H and O–H groups in total. The fourth-order valence-corrected chi connectivity index (χ4v) is 4.52. The summed E-state index contributed by atoms with van der Waals surface area (Å²) < 4.78 is 10.7. The van der Waals surface area contributed by atoms with E-state index in [0.717, 1.165) is 36.3 Å². The number of rotatable bonds is 6. The van der Waals surface area contributed by atoms with Crippen LogP contribution in [0.25, 0.3) is 11.3 Å². The zero-order valence-corrected chi connectivity index (χ0v) is 19.3. The molecule has 0 bridgehead atoms. The van der Waals surface area contributed by atoms with Crippen LogP contribution in [0.5, 0.6) is 0 Å². The van der Waals surface area contributed by atoms with Gasteiger partial charge in [-0.2, -0.15) is 0 Å². The molecule has 2 aromatic carbocycles. The summed E-state index contributed by atoms with van der Waals surface area (Å²) >= 11 is 5.96. The average Bonchev–Trinajstić information content (AvgIpc) is 3.51. The van der Waals surface area contributed by atoms with E-state index < -0.39 is 0 Å². The number of hydrogen-bond donors (Lipinski definition) is 1. The highest BCUT2D eigenvalue weighted by molar-refractivity contribution is 6.30. The Morgan fingerprint density at radius 3 is 2.68 bits per heavy atom. The van der Waals surface area contributed by atoms with Gasteiger partial charge in [-0.1, -0.05) is 16.8 Å². The van der Waals surface area contributed by atoms with Crippen molar-refractivity contribution in [1.29, 1.82) is 0 Å². The first-order valence-electron chi connectivity index (χ1n) is 11.3. The molecule has 0 aliphatic carbocycles. The van der Waals surface area contributed by atoms with Crippen molar-refractivity contribution in [2.45, 2.75) is 25.4 Å². The number of nitrogens with zero attached hydrogens (tertiary/aromatic N) is 3. The first-order valence-corrected chi connectivity index (χ1v) is 11.7. The van der Waals surface area contributed by atoms with Crippen LogP contribution in [-0.4, -0.2) is 54.2 Å². The monoisotopic (exact) mass is 480 g/mol. The van der Waals surface area contributed by atoms with Gasteiger partial charge in [0.15, 0.2) is 5.76 Å². The molecule has 2 aliphatic rings. The van der Waals surface area contributed by atoms with Gasteiger partial charge in [-0.25, -0.2) is 0 Å². The van der Waals surface area contributed by atoms with Crippen LogP contribution in [0.4, 0.5) is 11.4 Å². The summed E-state index contributed by atoms with van der Waals surface area (Å²) in [5.41, 5.74) is 3.19. The van der Waals surface area contributed by atoms with E-state index in [9.17, 15) is 9.59 Å². The number of benzene rings is 2. The van der Waals surface area contributed by atoms with Crippen LogP contribution in [0.15, 0.2) is 59.1 Å². The van der Waals surface area contributed by atoms with Gasteiger partial charge in [0.1, 0.15) is 6.61 Å². The fourth-order valence-electron chi connectivity index (χ4n) is 4.40. The maximum atomic E-state index is 13.0. The predicted molar refractivity (Wildman–Crippen MR) is 129 cm³/mol. The molecule has 3 heterocycles. The minimum absolute atomic E-state index is 0.0471. The Kier molecular flexibility index (Phi) is 6.62. The SMILES string of the molecule is O=C(Nc1ccc(N2CCOCC2=O)cc1)C1CCCN1Cc1cc(-c2ccc(Cl)cc2)on1. The van der Waals surface area contributed by atoms with Crippen LogP contribution in [0.1, 0.15) is 18.5 Å². The number of carbonyl (C=O) groups is 2. The molecule has 0 spiro atoms. The highest BCUT2D eigenvalue weighted by atomic mass is 35.5. The summed E-state index contributed by atoms with van der Waals surface area (Å²) in [5, 5.41) is 7.87. The third-order valence-electron chi connectivity index (χ3n) is 6.15. The third kappa shape index (κ3) is 4.99. The van der Waals surface area contributed by atoms with Gasteiger partial charge in [0, 0.05) is 41.1 Å². The maximum Gasteiger partial charge on any atom is 0.253 e. The topological polar surface area (TPSA) is 87.9 Å². The summed E-state index contributed by atoms with van der Waals surface area (Å²) in [6.45, 7) is 2.51. The lowest BCUT2D eigenvalue weighted by Gasteiger charge is -2.27. The van der Waals surface area contributed by atoms with Crippen LogP contribution < -0.4 is 10.2 Å². The molecule has 2 aliphatic heterocycles. The number of aromatic nitrogens is 1. The Bertz CT molecular complexity index is 1160. The van der Waals surface area contributed by atoms with Crippen molar-refractivity contribution in [3.8, 4) is 11.3 Å². The summed E-state index contributed by atoms with van der Waals surface area (Å²) in [4.78, 5) is 28.9. The number of ether oxygens (including phenoxy) is 1. The van der Waals surface area contributed by atoms with E-state index in [1.54, 1.807) is 4.90 Å². The van der Waals surface area contributed by atoms with Gasteiger partial charge in [-0.3, -0.25) is 14.5 Å². The van der Waals surface area contributed by atoms with Crippen molar-refractivity contribution >= 4 is 34.8 Å². The summed E-state index contributed by atoms with van der Waals surface area (Å²) in [5.74, 6) is 0.566. The Hall–Kier alpha value is -3.20. The van der Waals surface area contributed by atoms with E-state index in [4.69, 9.17) is 20.9 Å². The van der Waals surface area contributed by atoms with Gasteiger partial charge in [-0.15, -0.1) is 0 Å². The van der Waals surface area contributed by atoms with Gasteiger partial charge in [0.05, 0.1) is 18.3 Å². The molecule has 1 atom stereocenters. The third-order valence-corrected chi connectivity index (χ3v) is 6.40. The van der Waals surface area contributed by atoms with Gasteiger partial charge < -0.3 is 19.5 Å². The van der Waals surface area contributed by atoms with Crippen LogP contribution in [0, 0.1) is 0 Å². The van der Waals surface area contributed by atoms with Gasteiger partial charge >= 0.3 is 0 Å². The van der Waals surface area contributed by atoms with Crippen LogP contribution in [0.3, 0.4) is 0 Å². The second-order valence-electron chi connectivity index (χ2n) is 8.45. The van der Waals surface area contributed by atoms with E-state index in [1.807, 2.05) is 54.6 Å². The van der Waals surface area contributed by atoms with E-state index in [-0.39, 0.29) is 24.5 Å². The Morgan fingerprint density at radius 1 is 1.12 bits per heavy atom. The highest BCUT2D eigenvalue weighted by Crippen LogP contribution is 2.26. The molecular formula is C25H25ClN4O4. The molecule has 2 amide bonds. The van der Waals surface area contributed by atoms with Crippen molar-refractivity contribution in [2.24, 2.45) is 0 Å². The van der Waals surface area contributed by atoms with Crippen LogP contribution in [0.2, 0.25) is 5.02 Å². The summed E-state index contributed by atoms with van der Waals surface area (Å²) in [6, 6.07) is 16.4. The number of nitrogens with one attached hydrogen (secondary N) is 1. The predicted octanol–water partition coefficient (Wildman–Crippen LogP) is 3.96. The number of carbonyl (C=O) groups excluding carboxylic acids is 2. The second-order valence-corrected chi connectivity index (χ2v) is 8.89. The molecule has 2 saturated heterocycles. The molecule has 2 fully saturated rings. The molecule has 34 heavy (non-hydrogen) atoms. The molecule has 1 unspecified atom stereocenters.